The zero-order chi connectivity index (χ0) is 17.4. The fourth-order valence-electron chi connectivity index (χ4n) is 2.73. The Morgan fingerprint density at radius 1 is 1.16 bits per heavy atom. The van der Waals surface area contributed by atoms with Crippen molar-refractivity contribution in [3.05, 3.63) is 66.1 Å². The van der Waals surface area contributed by atoms with Crippen LogP contribution in [-0.2, 0) is 11.2 Å². The summed E-state index contributed by atoms with van der Waals surface area (Å²) in [6, 6.07) is 12.9. The first-order valence-electron chi connectivity index (χ1n) is 7.67. The molecule has 7 heteroatoms. The lowest BCUT2D eigenvalue weighted by atomic mass is 10.2. The van der Waals surface area contributed by atoms with E-state index in [-0.39, 0.29) is 18.1 Å². The number of anilines is 5. The minimum atomic E-state index is -0.321. The van der Waals surface area contributed by atoms with Gasteiger partial charge in [-0.05, 0) is 42.5 Å². The number of nitrogens with zero attached hydrogens (tertiary/aromatic N) is 3. The van der Waals surface area contributed by atoms with Crippen LogP contribution in [0.4, 0.5) is 33.2 Å². The highest BCUT2D eigenvalue weighted by molar-refractivity contribution is 6.06. The van der Waals surface area contributed by atoms with Crippen LogP contribution >= 0.6 is 0 Å². The van der Waals surface area contributed by atoms with Crippen molar-refractivity contribution in [2.45, 2.75) is 6.42 Å². The van der Waals surface area contributed by atoms with Crippen LogP contribution in [0.3, 0.4) is 0 Å². The molecule has 0 saturated heterocycles. The Morgan fingerprint density at radius 3 is 2.72 bits per heavy atom. The van der Waals surface area contributed by atoms with E-state index in [0.29, 0.717) is 28.8 Å². The molecule has 4 rings (SSSR count). The van der Waals surface area contributed by atoms with Gasteiger partial charge >= 0.3 is 0 Å². The molecule has 1 aliphatic rings. The van der Waals surface area contributed by atoms with Crippen molar-refractivity contribution in [1.82, 2.24) is 9.97 Å². The number of aromatic nitrogens is 2. The largest absolute Gasteiger partial charge is 0.399 e. The van der Waals surface area contributed by atoms with Crippen LogP contribution < -0.4 is 16.0 Å². The summed E-state index contributed by atoms with van der Waals surface area (Å²) in [5, 5.41) is 3.01. The van der Waals surface area contributed by atoms with Gasteiger partial charge in [-0.2, -0.15) is 4.98 Å². The van der Waals surface area contributed by atoms with E-state index in [1.165, 1.54) is 17.0 Å². The lowest BCUT2D eigenvalue weighted by molar-refractivity contribution is -0.116. The van der Waals surface area contributed by atoms with Crippen molar-refractivity contribution in [1.29, 1.82) is 0 Å². The molecule has 2 aromatic carbocycles. The van der Waals surface area contributed by atoms with Gasteiger partial charge in [0.2, 0.25) is 11.9 Å². The van der Waals surface area contributed by atoms with Gasteiger partial charge in [0.1, 0.15) is 11.6 Å². The van der Waals surface area contributed by atoms with Gasteiger partial charge in [-0.25, -0.2) is 9.37 Å². The van der Waals surface area contributed by atoms with Crippen LogP contribution in [0.1, 0.15) is 5.56 Å². The molecule has 0 fully saturated rings. The molecule has 0 saturated carbocycles. The second-order valence-corrected chi connectivity index (χ2v) is 5.68. The summed E-state index contributed by atoms with van der Waals surface area (Å²) in [7, 11) is 0. The van der Waals surface area contributed by atoms with E-state index in [2.05, 4.69) is 15.3 Å². The number of benzene rings is 2. The van der Waals surface area contributed by atoms with Gasteiger partial charge in [0.05, 0.1) is 12.1 Å². The number of carbonyl (C=O) groups excluding carboxylic acids is 1. The number of fused-ring (bicyclic) bond motifs is 1. The third kappa shape index (κ3) is 2.87. The second-order valence-electron chi connectivity index (χ2n) is 5.68. The molecular formula is C18H14FN5O. The SMILES string of the molecule is Nc1cccc(N2C(=O)Cc3cnc(Nc4ccc(F)cc4)nc32)c1. The van der Waals surface area contributed by atoms with E-state index < -0.39 is 0 Å². The monoisotopic (exact) mass is 335 g/mol. The molecule has 0 aliphatic carbocycles. The Kier molecular flexibility index (Phi) is 3.53. The summed E-state index contributed by atoms with van der Waals surface area (Å²) in [4.78, 5) is 22.6. The van der Waals surface area contributed by atoms with Gasteiger partial charge in [-0.1, -0.05) is 6.07 Å². The molecule has 0 unspecified atom stereocenters. The molecule has 0 bridgehead atoms. The van der Waals surface area contributed by atoms with Crippen molar-refractivity contribution < 1.29 is 9.18 Å². The Hall–Kier alpha value is -3.48. The lowest BCUT2D eigenvalue weighted by Crippen LogP contribution is -2.21. The number of carbonyl (C=O) groups is 1. The molecule has 1 amide bonds. The Labute approximate surface area is 143 Å². The zero-order valence-corrected chi connectivity index (χ0v) is 13.1. The standard InChI is InChI=1S/C18H14FN5O/c19-12-4-6-14(7-5-12)22-18-21-10-11-8-16(25)24(17(11)23-18)15-3-1-2-13(20)9-15/h1-7,9-10H,8,20H2,(H,21,22,23). The third-order valence-corrected chi connectivity index (χ3v) is 3.87. The van der Waals surface area contributed by atoms with Gasteiger partial charge in [-0.15, -0.1) is 0 Å². The highest BCUT2D eigenvalue weighted by Gasteiger charge is 2.31. The number of nitrogens with one attached hydrogen (secondary N) is 1. The van der Waals surface area contributed by atoms with E-state index in [4.69, 9.17) is 5.73 Å². The molecule has 25 heavy (non-hydrogen) atoms. The number of hydrogen-bond acceptors (Lipinski definition) is 5. The maximum absolute atomic E-state index is 13.0. The Balaban J connectivity index is 1.69. The molecule has 124 valence electrons. The summed E-state index contributed by atoms with van der Waals surface area (Å²) in [5.41, 5.74) is 8.45. The number of nitrogen functional groups attached to an aromatic ring is 1. The second kappa shape index (κ2) is 5.86. The molecule has 3 N–H and O–H groups in total. The fraction of sp³-hybridized carbons (Fsp3) is 0.0556. The van der Waals surface area contributed by atoms with Gasteiger partial charge in [0.15, 0.2) is 0 Å². The first-order chi connectivity index (χ1) is 12.1. The minimum absolute atomic E-state index is 0.0890. The topological polar surface area (TPSA) is 84.1 Å². The summed E-state index contributed by atoms with van der Waals surface area (Å²) >= 11 is 0. The molecule has 6 nitrogen and oxygen atoms in total. The highest BCUT2D eigenvalue weighted by Crippen LogP contribution is 2.34. The molecule has 2 heterocycles. The predicted octanol–water partition coefficient (Wildman–Crippen LogP) is 3.16. The van der Waals surface area contributed by atoms with Crippen molar-refractivity contribution in [3.8, 4) is 0 Å². The summed E-state index contributed by atoms with van der Waals surface area (Å²) in [5.74, 6) is 0.442. The summed E-state index contributed by atoms with van der Waals surface area (Å²) < 4.78 is 13.0. The molecule has 0 radical (unpaired) electrons. The highest BCUT2D eigenvalue weighted by atomic mass is 19.1. The fourth-order valence-corrected chi connectivity index (χ4v) is 2.73. The molecule has 1 aliphatic heterocycles. The van der Waals surface area contributed by atoms with Gasteiger partial charge in [-0.3, -0.25) is 9.69 Å². The number of nitrogens with two attached hydrogens (primary N) is 1. The zero-order valence-electron chi connectivity index (χ0n) is 13.1. The summed E-state index contributed by atoms with van der Waals surface area (Å²) in [6.07, 6.45) is 1.86. The van der Waals surface area contributed by atoms with Gasteiger partial charge < -0.3 is 11.1 Å². The van der Waals surface area contributed by atoms with Crippen LogP contribution in [0.15, 0.2) is 54.7 Å². The average Bonchev–Trinajstić information content (AvgIpc) is 2.92. The first kappa shape index (κ1) is 15.1. The van der Waals surface area contributed by atoms with Crippen LogP contribution in [0.25, 0.3) is 0 Å². The maximum atomic E-state index is 13.0. The van der Waals surface area contributed by atoms with E-state index in [9.17, 15) is 9.18 Å². The first-order valence-corrected chi connectivity index (χ1v) is 7.67. The number of hydrogen-bond donors (Lipinski definition) is 2. The maximum Gasteiger partial charge on any atom is 0.237 e. The normalized spacial score (nSPS) is 13.0. The van der Waals surface area contributed by atoms with Crippen molar-refractivity contribution >= 4 is 34.7 Å². The van der Waals surface area contributed by atoms with Crippen LogP contribution in [0.5, 0.6) is 0 Å². The van der Waals surface area contributed by atoms with Gasteiger partial charge in [0, 0.05) is 23.1 Å². The number of halogens is 1. The van der Waals surface area contributed by atoms with Crippen molar-refractivity contribution in [2.75, 3.05) is 16.0 Å². The predicted molar refractivity (Wildman–Crippen MR) is 93.4 cm³/mol. The van der Waals surface area contributed by atoms with E-state index in [1.54, 1.807) is 42.6 Å². The van der Waals surface area contributed by atoms with Crippen molar-refractivity contribution in [3.63, 3.8) is 0 Å². The van der Waals surface area contributed by atoms with Crippen LogP contribution in [0.2, 0.25) is 0 Å². The van der Waals surface area contributed by atoms with E-state index in [1.807, 2.05) is 0 Å². The van der Waals surface area contributed by atoms with Gasteiger partial charge in [0.25, 0.3) is 0 Å². The molecule has 0 spiro atoms. The van der Waals surface area contributed by atoms with Crippen LogP contribution in [0, 0.1) is 5.82 Å². The van der Waals surface area contributed by atoms with Crippen LogP contribution in [-0.4, -0.2) is 15.9 Å². The van der Waals surface area contributed by atoms with Crippen molar-refractivity contribution in [2.24, 2.45) is 0 Å². The Morgan fingerprint density at radius 2 is 1.96 bits per heavy atom. The number of amides is 1. The molecular weight excluding hydrogens is 321 g/mol. The van der Waals surface area contributed by atoms with E-state index >= 15 is 0 Å². The molecule has 0 atom stereocenters. The minimum Gasteiger partial charge on any atom is -0.399 e. The number of rotatable bonds is 3. The average molecular weight is 335 g/mol. The molecule has 1 aromatic heterocycles. The summed E-state index contributed by atoms with van der Waals surface area (Å²) in [6.45, 7) is 0. The lowest BCUT2D eigenvalue weighted by Gasteiger charge is -2.17. The third-order valence-electron chi connectivity index (χ3n) is 3.87. The smallest absolute Gasteiger partial charge is 0.237 e. The molecule has 3 aromatic rings. The quantitative estimate of drug-likeness (QED) is 0.718. The Bertz CT molecular complexity index is 958. The van der Waals surface area contributed by atoms with E-state index in [0.717, 1.165) is 5.56 Å².